The van der Waals surface area contributed by atoms with E-state index in [0.29, 0.717) is 34.1 Å². The van der Waals surface area contributed by atoms with Crippen molar-refractivity contribution in [2.24, 2.45) is 0 Å². The Balaban J connectivity index is 1.75. The van der Waals surface area contributed by atoms with Gasteiger partial charge in [0.25, 0.3) is 5.91 Å². The summed E-state index contributed by atoms with van der Waals surface area (Å²) in [6, 6.07) is 13.3. The van der Waals surface area contributed by atoms with Crippen LogP contribution in [0.3, 0.4) is 0 Å². The first-order chi connectivity index (χ1) is 19.5. The van der Waals surface area contributed by atoms with Crippen LogP contribution in [0.25, 0.3) is 11.1 Å². The van der Waals surface area contributed by atoms with E-state index < -0.39 is 23.4 Å². The lowest BCUT2D eigenvalue weighted by Gasteiger charge is -2.39. The van der Waals surface area contributed by atoms with Crippen LogP contribution in [-0.4, -0.2) is 56.0 Å². The number of amides is 1. The SMILES string of the molecule is CCOC(=O)[C@@H](O)COc1ccc(-c2ccc3c(c2COc2cc(F)ccc2C)N(C)C(=O)C(C)(C)N3)c(OC)c1. The summed E-state index contributed by atoms with van der Waals surface area (Å²) in [6.07, 6.45) is -1.43. The van der Waals surface area contributed by atoms with Gasteiger partial charge in [0.15, 0.2) is 6.10 Å². The van der Waals surface area contributed by atoms with Crippen molar-refractivity contribution in [1.29, 1.82) is 0 Å². The van der Waals surface area contributed by atoms with E-state index in [1.807, 2.05) is 32.9 Å². The summed E-state index contributed by atoms with van der Waals surface area (Å²) in [5, 5.41) is 13.3. The molecule has 1 aliphatic rings. The number of carbonyl (C=O) groups excluding carboxylic acids is 2. The topological polar surface area (TPSA) is 107 Å². The molecule has 0 aromatic heterocycles. The van der Waals surface area contributed by atoms with Crippen molar-refractivity contribution in [1.82, 2.24) is 0 Å². The van der Waals surface area contributed by atoms with Gasteiger partial charge in [0.05, 0.1) is 25.1 Å². The summed E-state index contributed by atoms with van der Waals surface area (Å²) in [5.41, 5.74) is 3.46. The number of hydrogen-bond acceptors (Lipinski definition) is 8. The summed E-state index contributed by atoms with van der Waals surface area (Å²) in [6.45, 7) is 7.01. The first kappa shape index (κ1) is 29.7. The molecule has 0 spiro atoms. The predicted octanol–water partition coefficient (Wildman–Crippen LogP) is 4.86. The first-order valence-electron chi connectivity index (χ1n) is 13.2. The fourth-order valence-electron chi connectivity index (χ4n) is 4.77. The molecule has 10 heteroatoms. The second-order valence-corrected chi connectivity index (χ2v) is 10.2. The highest BCUT2D eigenvalue weighted by atomic mass is 19.1. The van der Waals surface area contributed by atoms with E-state index in [9.17, 15) is 19.1 Å². The lowest BCUT2D eigenvalue weighted by molar-refractivity contribution is -0.154. The zero-order valence-electron chi connectivity index (χ0n) is 24.0. The molecular weight excluding hydrogens is 531 g/mol. The Kier molecular flexibility index (Phi) is 8.72. The molecule has 0 fully saturated rings. The van der Waals surface area contributed by atoms with Gasteiger partial charge in [-0.2, -0.15) is 0 Å². The van der Waals surface area contributed by atoms with E-state index in [1.165, 1.54) is 19.2 Å². The van der Waals surface area contributed by atoms with Gasteiger partial charge in [0.2, 0.25) is 0 Å². The summed E-state index contributed by atoms with van der Waals surface area (Å²) in [7, 11) is 3.23. The minimum absolute atomic E-state index is 0.0374. The van der Waals surface area contributed by atoms with Crippen molar-refractivity contribution in [3.63, 3.8) is 0 Å². The highest BCUT2D eigenvalue weighted by molar-refractivity contribution is 6.08. The third-order valence-corrected chi connectivity index (χ3v) is 6.86. The minimum atomic E-state index is -1.43. The molecule has 3 aromatic rings. The van der Waals surface area contributed by atoms with Crippen LogP contribution >= 0.6 is 0 Å². The second kappa shape index (κ2) is 12.1. The molecule has 4 rings (SSSR count). The quantitative estimate of drug-likeness (QED) is 0.335. The molecule has 0 bridgehead atoms. The predicted molar refractivity (Wildman–Crippen MR) is 153 cm³/mol. The summed E-state index contributed by atoms with van der Waals surface area (Å²) >= 11 is 0. The van der Waals surface area contributed by atoms with Gasteiger partial charge in [-0.1, -0.05) is 12.1 Å². The van der Waals surface area contributed by atoms with Crippen LogP contribution < -0.4 is 24.4 Å². The lowest BCUT2D eigenvalue weighted by Crippen LogP contribution is -2.52. The molecule has 218 valence electrons. The maximum atomic E-state index is 14.0. The van der Waals surface area contributed by atoms with Crippen LogP contribution in [0.2, 0.25) is 0 Å². The van der Waals surface area contributed by atoms with Crippen molar-refractivity contribution >= 4 is 23.3 Å². The molecule has 0 aliphatic carbocycles. The molecule has 1 amide bonds. The van der Waals surface area contributed by atoms with Crippen LogP contribution in [0, 0.1) is 12.7 Å². The Hall–Kier alpha value is -4.31. The Morgan fingerprint density at radius 1 is 1.07 bits per heavy atom. The first-order valence-corrected chi connectivity index (χ1v) is 13.2. The third kappa shape index (κ3) is 6.22. The Labute approximate surface area is 238 Å². The molecule has 0 saturated heterocycles. The zero-order chi connectivity index (χ0) is 29.9. The monoisotopic (exact) mass is 566 g/mol. The fraction of sp³-hybridized carbons (Fsp3) is 0.355. The fourth-order valence-corrected chi connectivity index (χ4v) is 4.77. The number of rotatable bonds is 10. The second-order valence-electron chi connectivity index (χ2n) is 10.2. The summed E-state index contributed by atoms with van der Waals surface area (Å²) in [5.74, 6) is -0.0883. The van der Waals surface area contributed by atoms with E-state index in [2.05, 4.69) is 5.32 Å². The van der Waals surface area contributed by atoms with Crippen molar-refractivity contribution in [3.8, 4) is 28.4 Å². The van der Waals surface area contributed by atoms with E-state index in [4.69, 9.17) is 18.9 Å². The number of benzene rings is 3. The van der Waals surface area contributed by atoms with Gasteiger partial charge in [-0.15, -0.1) is 0 Å². The molecule has 0 saturated carbocycles. The highest BCUT2D eigenvalue weighted by Gasteiger charge is 2.38. The Morgan fingerprint density at radius 2 is 1.80 bits per heavy atom. The molecule has 1 aliphatic heterocycles. The number of fused-ring (bicyclic) bond motifs is 1. The van der Waals surface area contributed by atoms with Crippen molar-refractivity contribution in [2.45, 2.75) is 45.9 Å². The van der Waals surface area contributed by atoms with Crippen LogP contribution in [0.4, 0.5) is 15.8 Å². The molecule has 0 radical (unpaired) electrons. The molecule has 41 heavy (non-hydrogen) atoms. The summed E-state index contributed by atoms with van der Waals surface area (Å²) in [4.78, 5) is 26.6. The average molecular weight is 567 g/mol. The van der Waals surface area contributed by atoms with Gasteiger partial charge in [0, 0.05) is 30.3 Å². The van der Waals surface area contributed by atoms with Crippen LogP contribution in [0.15, 0.2) is 48.5 Å². The number of nitrogens with one attached hydrogen (secondary N) is 1. The smallest absolute Gasteiger partial charge is 0.338 e. The number of aryl methyl sites for hydroxylation is 1. The number of hydrogen-bond donors (Lipinski definition) is 2. The number of carbonyl (C=O) groups is 2. The number of aliphatic hydroxyl groups excluding tert-OH is 1. The third-order valence-electron chi connectivity index (χ3n) is 6.86. The Morgan fingerprint density at radius 3 is 2.51 bits per heavy atom. The van der Waals surface area contributed by atoms with E-state index >= 15 is 0 Å². The maximum absolute atomic E-state index is 14.0. The molecule has 0 unspecified atom stereocenters. The molecule has 1 heterocycles. The molecule has 3 aromatic carbocycles. The molecule has 2 N–H and O–H groups in total. The van der Waals surface area contributed by atoms with Crippen molar-refractivity contribution in [2.75, 3.05) is 37.6 Å². The normalized spacial score (nSPS) is 14.5. The van der Waals surface area contributed by atoms with Gasteiger partial charge in [-0.3, -0.25) is 4.79 Å². The van der Waals surface area contributed by atoms with E-state index in [0.717, 1.165) is 16.8 Å². The van der Waals surface area contributed by atoms with Gasteiger partial charge in [-0.25, -0.2) is 9.18 Å². The number of aliphatic hydroxyl groups is 1. The van der Waals surface area contributed by atoms with Gasteiger partial charge < -0.3 is 34.3 Å². The summed E-state index contributed by atoms with van der Waals surface area (Å²) < 4.78 is 36.3. The number of anilines is 2. The van der Waals surface area contributed by atoms with Crippen LogP contribution in [-0.2, 0) is 20.9 Å². The highest BCUT2D eigenvalue weighted by Crippen LogP contribution is 2.45. The number of halogens is 1. The van der Waals surface area contributed by atoms with E-state index in [1.54, 1.807) is 43.1 Å². The van der Waals surface area contributed by atoms with Crippen LogP contribution in [0.1, 0.15) is 31.9 Å². The van der Waals surface area contributed by atoms with E-state index in [-0.39, 0.29) is 25.7 Å². The van der Waals surface area contributed by atoms with Gasteiger partial charge >= 0.3 is 5.97 Å². The number of esters is 1. The van der Waals surface area contributed by atoms with Gasteiger partial charge in [-0.05, 0) is 63.1 Å². The van der Waals surface area contributed by atoms with Crippen molar-refractivity contribution in [3.05, 3.63) is 65.5 Å². The number of ether oxygens (including phenoxy) is 4. The standard InChI is InChI=1S/C31H35FN2O7/c1-7-39-29(36)25(35)17-40-20-10-11-22(27(15-20)38-6)21-12-13-24-28(34(5)30(37)31(3,4)33-24)23(21)16-41-26-14-19(32)9-8-18(26)2/h8-15,25,33,35H,7,16-17H2,1-6H3/t25-/m0/s1. The Bertz CT molecular complexity index is 1460. The molecule has 9 nitrogen and oxygen atoms in total. The number of likely N-dealkylation sites (N-methyl/N-ethyl adjacent to an activating group) is 1. The minimum Gasteiger partial charge on any atom is -0.496 e. The van der Waals surface area contributed by atoms with Crippen LogP contribution in [0.5, 0.6) is 17.2 Å². The lowest BCUT2D eigenvalue weighted by atomic mass is 9.91. The largest absolute Gasteiger partial charge is 0.496 e. The van der Waals surface area contributed by atoms with Gasteiger partial charge in [0.1, 0.15) is 41.8 Å². The molecule has 1 atom stereocenters. The zero-order valence-corrected chi connectivity index (χ0v) is 24.0. The number of methoxy groups -OCH3 is 1. The number of nitrogens with zero attached hydrogens (tertiary/aromatic N) is 1. The maximum Gasteiger partial charge on any atom is 0.338 e. The molecular formula is C31H35FN2O7. The average Bonchev–Trinajstić information content (AvgIpc) is 2.94. The van der Waals surface area contributed by atoms with Crippen molar-refractivity contribution < 1.29 is 38.0 Å².